The maximum atomic E-state index is 12.1. The zero-order valence-electron chi connectivity index (χ0n) is 10.9. The van der Waals surface area contributed by atoms with Gasteiger partial charge in [0.25, 0.3) is 0 Å². The number of sulfone groups is 1. The first-order valence-electron chi connectivity index (χ1n) is 6.80. The third kappa shape index (κ3) is 4.58. The van der Waals surface area contributed by atoms with Crippen LogP contribution in [-0.4, -0.2) is 26.8 Å². The van der Waals surface area contributed by atoms with Crippen molar-refractivity contribution in [3.05, 3.63) is 28.7 Å². The number of nitrogens with one attached hydrogen (secondary N) is 1. The first kappa shape index (κ1) is 15.0. The smallest absolute Gasteiger partial charge is 0.179 e. The van der Waals surface area contributed by atoms with Gasteiger partial charge in [0.2, 0.25) is 0 Å². The number of benzene rings is 1. The van der Waals surface area contributed by atoms with Gasteiger partial charge in [-0.15, -0.1) is 0 Å². The lowest BCUT2D eigenvalue weighted by atomic mass is 9.96. The third-order valence-corrected chi connectivity index (χ3v) is 5.84. The normalized spacial score (nSPS) is 17.5. The fourth-order valence-corrected chi connectivity index (χ4v) is 3.90. The molecule has 106 valence electrons. The molecule has 1 aliphatic rings. The minimum atomic E-state index is -3.16. The van der Waals surface area contributed by atoms with Crippen LogP contribution in [0.2, 0.25) is 0 Å². The summed E-state index contributed by atoms with van der Waals surface area (Å²) in [4.78, 5) is 0.404. The van der Waals surface area contributed by atoms with Gasteiger partial charge >= 0.3 is 0 Å². The predicted molar refractivity (Wildman–Crippen MR) is 81.1 cm³/mol. The summed E-state index contributed by atoms with van der Waals surface area (Å²) in [6, 6.07) is 7.34. The van der Waals surface area contributed by atoms with Crippen LogP contribution in [0.5, 0.6) is 0 Å². The Hall–Kier alpha value is -0.390. The van der Waals surface area contributed by atoms with Gasteiger partial charge in [-0.1, -0.05) is 35.2 Å². The summed E-state index contributed by atoms with van der Waals surface area (Å²) in [7, 11) is -3.16. The molecule has 1 aliphatic carbocycles. The Morgan fingerprint density at radius 1 is 1.11 bits per heavy atom. The van der Waals surface area contributed by atoms with Crippen LogP contribution in [0.4, 0.5) is 0 Å². The van der Waals surface area contributed by atoms with Crippen molar-refractivity contribution in [2.45, 2.75) is 43.0 Å². The molecule has 0 unspecified atom stereocenters. The fourth-order valence-electron chi connectivity index (χ4n) is 2.46. The van der Waals surface area contributed by atoms with Gasteiger partial charge in [-0.3, -0.25) is 0 Å². The average Bonchev–Trinajstić information content (AvgIpc) is 2.40. The Bertz CT molecular complexity index is 493. The summed E-state index contributed by atoms with van der Waals surface area (Å²) in [6.07, 6.45) is 6.19. The molecule has 1 aromatic rings. The molecule has 1 fully saturated rings. The van der Waals surface area contributed by atoms with E-state index >= 15 is 0 Å². The first-order valence-corrected chi connectivity index (χ1v) is 9.24. The minimum Gasteiger partial charge on any atom is -0.313 e. The van der Waals surface area contributed by atoms with Gasteiger partial charge in [0.1, 0.15) is 0 Å². The zero-order chi connectivity index (χ0) is 13.7. The zero-order valence-corrected chi connectivity index (χ0v) is 13.3. The van der Waals surface area contributed by atoms with E-state index in [4.69, 9.17) is 0 Å². The molecule has 0 heterocycles. The minimum absolute atomic E-state index is 0.172. The quantitative estimate of drug-likeness (QED) is 0.891. The van der Waals surface area contributed by atoms with Crippen molar-refractivity contribution in [2.75, 3.05) is 12.3 Å². The van der Waals surface area contributed by atoms with Crippen molar-refractivity contribution >= 4 is 25.8 Å². The summed E-state index contributed by atoms with van der Waals surface area (Å²) in [5.41, 5.74) is 0. The van der Waals surface area contributed by atoms with Gasteiger partial charge < -0.3 is 5.32 Å². The van der Waals surface area contributed by atoms with Gasteiger partial charge in [-0.25, -0.2) is 8.42 Å². The Morgan fingerprint density at radius 3 is 2.37 bits per heavy atom. The molecule has 19 heavy (non-hydrogen) atoms. The van der Waals surface area contributed by atoms with Crippen LogP contribution in [0.15, 0.2) is 33.6 Å². The molecule has 0 bridgehead atoms. The number of halogens is 1. The van der Waals surface area contributed by atoms with Crippen molar-refractivity contribution in [1.29, 1.82) is 0 Å². The van der Waals surface area contributed by atoms with Crippen LogP contribution in [0, 0.1) is 0 Å². The summed E-state index contributed by atoms with van der Waals surface area (Å²) in [6.45, 7) is 0.545. The lowest BCUT2D eigenvalue weighted by Gasteiger charge is -2.22. The molecule has 0 radical (unpaired) electrons. The highest BCUT2D eigenvalue weighted by molar-refractivity contribution is 9.10. The Morgan fingerprint density at radius 2 is 1.74 bits per heavy atom. The van der Waals surface area contributed by atoms with E-state index in [1.54, 1.807) is 24.3 Å². The van der Waals surface area contributed by atoms with Gasteiger partial charge in [0.15, 0.2) is 9.84 Å². The van der Waals surface area contributed by atoms with Crippen molar-refractivity contribution in [1.82, 2.24) is 5.32 Å². The Balaban J connectivity index is 1.85. The molecule has 0 aromatic heterocycles. The van der Waals surface area contributed by atoms with Crippen LogP contribution >= 0.6 is 15.9 Å². The van der Waals surface area contributed by atoms with Gasteiger partial charge in [0, 0.05) is 17.1 Å². The van der Waals surface area contributed by atoms with Crippen LogP contribution in [-0.2, 0) is 9.84 Å². The summed E-state index contributed by atoms with van der Waals surface area (Å²) in [5.74, 6) is 0.172. The molecule has 1 N–H and O–H groups in total. The predicted octanol–water partition coefficient (Wildman–Crippen LogP) is 3.15. The average molecular weight is 346 g/mol. The van der Waals surface area contributed by atoms with Crippen molar-refractivity contribution < 1.29 is 8.42 Å². The van der Waals surface area contributed by atoms with E-state index < -0.39 is 9.84 Å². The molecule has 2 rings (SSSR count). The van der Waals surface area contributed by atoms with E-state index in [1.165, 1.54) is 32.1 Å². The highest BCUT2D eigenvalue weighted by atomic mass is 79.9. The molecule has 0 atom stereocenters. The van der Waals surface area contributed by atoms with E-state index in [0.717, 1.165) is 4.47 Å². The number of hydrogen-bond acceptors (Lipinski definition) is 3. The van der Waals surface area contributed by atoms with E-state index in [9.17, 15) is 8.42 Å². The molecule has 0 aliphatic heterocycles. The first-order chi connectivity index (χ1) is 9.08. The molecule has 0 saturated heterocycles. The molecule has 0 amide bonds. The van der Waals surface area contributed by atoms with Crippen molar-refractivity contribution in [3.8, 4) is 0 Å². The number of rotatable bonds is 5. The SMILES string of the molecule is O=S(=O)(CCNC1CCCCC1)c1ccc(Br)cc1. The van der Waals surface area contributed by atoms with E-state index in [-0.39, 0.29) is 5.75 Å². The van der Waals surface area contributed by atoms with E-state index in [2.05, 4.69) is 21.2 Å². The third-order valence-electron chi connectivity index (χ3n) is 3.58. The topological polar surface area (TPSA) is 46.2 Å². The maximum absolute atomic E-state index is 12.1. The highest BCUT2D eigenvalue weighted by Gasteiger charge is 2.16. The second-order valence-electron chi connectivity index (χ2n) is 5.06. The van der Waals surface area contributed by atoms with Crippen LogP contribution in [0.25, 0.3) is 0 Å². The molecular weight excluding hydrogens is 326 g/mol. The summed E-state index contributed by atoms with van der Waals surface area (Å²) >= 11 is 3.31. The number of hydrogen-bond donors (Lipinski definition) is 1. The van der Waals surface area contributed by atoms with Crippen LogP contribution in [0.3, 0.4) is 0 Å². The van der Waals surface area contributed by atoms with Gasteiger partial charge in [0.05, 0.1) is 10.6 Å². The lowest BCUT2D eigenvalue weighted by molar-refractivity contribution is 0.380. The Kier molecular flexibility index (Phi) is 5.42. The largest absolute Gasteiger partial charge is 0.313 e. The fraction of sp³-hybridized carbons (Fsp3) is 0.571. The lowest BCUT2D eigenvalue weighted by Crippen LogP contribution is -2.34. The molecular formula is C14H20BrNO2S. The molecule has 1 saturated carbocycles. The second kappa shape index (κ2) is 6.86. The monoisotopic (exact) mass is 345 g/mol. The highest BCUT2D eigenvalue weighted by Crippen LogP contribution is 2.18. The summed E-state index contributed by atoms with van der Waals surface area (Å²) in [5, 5.41) is 3.37. The van der Waals surface area contributed by atoms with Crippen LogP contribution in [0.1, 0.15) is 32.1 Å². The summed E-state index contributed by atoms with van der Waals surface area (Å²) < 4.78 is 25.2. The van der Waals surface area contributed by atoms with Crippen LogP contribution < -0.4 is 5.32 Å². The van der Waals surface area contributed by atoms with E-state index in [0.29, 0.717) is 17.5 Å². The molecule has 0 spiro atoms. The van der Waals surface area contributed by atoms with Crippen molar-refractivity contribution in [2.24, 2.45) is 0 Å². The van der Waals surface area contributed by atoms with Gasteiger partial charge in [-0.2, -0.15) is 0 Å². The van der Waals surface area contributed by atoms with Crippen molar-refractivity contribution in [3.63, 3.8) is 0 Å². The molecule has 1 aromatic carbocycles. The molecule has 3 nitrogen and oxygen atoms in total. The second-order valence-corrected chi connectivity index (χ2v) is 8.09. The van der Waals surface area contributed by atoms with E-state index in [1.807, 2.05) is 0 Å². The molecule has 5 heteroatoms. The standard InChI is InChI=1S/C14H20BrNO2S/c15-12-6-8-14(9-7-12)19(17,18)11-10-16-13-4-2-1-3-5-13/h6-9,13,16H,1-5,10-11H2. The Labute approximate surface area is 123 Å². The van der Waals surface area contributed by atoms with Gasteiger partial charge in [-0.05, 0) is 37.1 Å². The maximum Gasteiger partial charge on any atom is 0.179 e.